The number of methoxy groups -OCH3 is 1. The first-order valence-corrected chi connectivity index (χ1v) is 8.71. The van der Waals surface area contributed by atoms with Crippen molar-refractivity contribution in [2.24, 2.45) is 0 Å². The molecular formula is C18H13Br2NO3. The third-order valence-electron chi connectivity index (χ3n) is 3.92. The lowest BCUT2D eigenvalue weighted by molar-refractivity contribution is 0.0960. The molecule has 3 aromatic rings. The number of para-hydroxylation sites is 1. The zero-order chi connectivity index (χ0) is 17.4. The summed E-state index contributed by atoms with van der Waals surface area (Å²) < 4.78 is 8.37. The minimum Gasteiger partial charge on any atom is -0.495 e. The third kappa shape index (κ3) is 2.59. The van der Waals surface area contributed by atoms with Crippen LogP contribution in [-0.2, 0) is 0 Å². The maximum atomic E-state index is 13.2. The second-order valence-corrected chi connectivity index (χ2v) is 7.01. The highest BCUT2D eigenvalue weighted by Crippen LogP contribution is 2.34. The Bertz CT molecular complexity index is 976. The number of aromatic nitrogens is 1. The van der Waals surface area contributed by atoms with E-state index in [0.717, 1.165) is 16.1 Å². The molecule has 0 atom stereocenters. The van der Waals surface area contributed by atoms with Gasteiger partial charge in [-0.15, -0.1) is 0 Å². The number of halogens is 2. The molecule has 0 aliphatic carbocycles. The Labute approximate surface area is 155 Å². The van der Waals surface area contributed by atoms with Gasteiger partial charge in [0.1, 0.15) is 5.75 Å². The van der Waals surface area contributed by atoms with E-state index in [1.807, 2.05) is 30.3 Å². The summed E-state index contributed by atoms with van der Waals surface area (Å²) in [6.45, 7) is 1.77. The minimum absolute atomic E-state index is 0.254. The van der Waals surface area contributed by atoms with E-state index in [-0.39, 0.29) is 5.91 Å². The van der Waals surface area contributed by atoms with Crippen LogP contribution in [0.5, 0.6) is 5.75 Å². The molecule has 122 valence electrons. The molecule has 0 saturated heterocycles. The number of rotatable bonds is 3. The van der Waals surface area contributed by atoms with Gasteiger partial charge in [0.15, 0.2) is 6.29 Å². The van der Waals surface area contributed by atoms with E-state index >= 15 is 0 Å². The normalized spacial score (nSPS) is 10.8. The second kappa shape index (κ2) is 6.53. The minimum atomic E-state index is -0.254. The average molecular weight is 451 g/mol. The van der Waals surface area contributed by atoms with Gasteiger partial charge >= 0.3 is 0 Å². The average Bonchev–Trinajstić information content (AvgIpc) is 2.84. The maximum absolute atomic E-state index is 13.2. The van der Waals surface area contributed by atoms with E-state index in [4.69, 9.17) is 4.74 Å². The van der Waals surface area contributed by atoms with Gasteiger partial charge in [0.2, 0.25) is 0 Å². The summed E-state index contributed by atoms with van der Waals surface area (Å²) in [4.78, 5) is 24.7. The molecule has 0 fully saturated rings. The van der Waals surface area contributed by atoms with Crippen molar-refractivity contribution in [3.63, 3.8) is 0 Å². The largest absolute Gasteiger partial charge is 0.495 e. The van der Waals surface area contributed by atoms with Gasteiger partial charge in [-0.25, -0.2) is 0 Å². The van der Waals surface area contributed by atoms with Gasteiger partial charge in [-0.1, -0.05) is 34.1 Å². The van der Waals surface area contributed by atoms with Crippen LogP contribution < -0.4 is 4.74 Å². The molecular weight excluding hydrogens is 438 g/mol. The van der Waals surface area contributed by atoms with Crippen LogP contribution in [0.4, 0.5) is 0 Å². The molecule has 0 aliphatic rings. The molecule has 24 heavy (non-hydrogen) atoms. The Hall–Kier alpha value is -1.92. The quantitative estimate of drug-likeness (QED) is 0.528. The zero-order valence-corrected chi connectivity index (χ0v) is 16.1. The molecule has 0 aliphatic heterocycles. The van der Waals surface area contributed by atoms with Crippen LogP contribution in [-0.4, -0.2) is 23.9 Å². The Balaban J connectivity index is 2.32. The van der Waals surface area contributed by atoms with Crippen molar-refractivity contribution < 1.29 is 14.3 Å². The predicted octanol–water partition coefficient (Wildman–Crippen LogP) is 4.98. The highest BCUT2D eigenvalue weighted by molar-refractivity contribution is 9.11. The fourth-order valence-electron chi connectivity index (χ4n) is 2.85. The standard InChI is InChI=1S/C18H13Br2NO3/c1-10-14(9-22)12-5-3-4-6-16(12)21(10)18(23)13-7-11(19)8-15(20)17(13)24-2/h3-9H,1-2H3. The Kier molecular flexibility index (Phi) is 4.60. The van der Waals surface area contributed by atoms with Gasteiger partial charge < -0.3 is 4.74 Å². The fourth-order valence-corrected chi connectivity index (χ4v) is 4.24. The molecule has 0 N–H and O–H groups in total. The molecule has 2 aromatic carbocycles. The Morgan fingerprint density at radius 1 is 1.21 bits per heavy atom. The van der Waals surface area contributed by atoms with Crippen LogP contribution in [0.1, 0.15) is 26.4 Å². The number of nitrogens with zero attached hydrogens (tertiary/aromatic N) is 1. The lowest BCUT2D eigenvalue weighted by Crippen LogP contribution is -2.15. The van der Waals surface area contributed by atoms with Crippen molar-refractivity contribution in [1.29, 1.82) is 0 Å². The van der Waals surface area contributed by atoms with Crippen LogP contribution >= 0.6 is 31.9 Å². The third-order valence-corrected chi connectivity index (χ3v) is 4.97. The van der Waals surface area contributed by atoms with E-state index < -0.39 is 0 Å². The van der Waals surface area contributed by atoms with E-state index in [9.17, 15) is 9.59 Å². The number of hydrogen-bond acceptors (Lipinski definition) is 3. The number of carbonyl (C=O) groups excluding carboxylic acids is 2. The number of hydrogen-bond donors (Lipinski definition) is 0. The van der Waals surface area contributed by atoms with E-state index in [2.05, 4.69) is 31.9 Å². The zero-order valence-electron chi connectivity index (χ0n) is 13.0. The van der Waals surface area contributed by atoms with Gasteiger partial charge in [0.05, 0.1) is 22.7 Å². The molecule has 6 heteroatoms. The number of carbonyl (C=O) groups is 2. The van der Waals surface area contributed by atoms with E-state index in [0.29, 0.717) is 32.6 Å². The van der Waals surface area contributed by atoms with Crippen LogP contribution in [0.15, 0.2) is 45.3 Å². The molecule has 1 aromatic heterocycles. The summed E-state index contributed by atoms with van der Waals surface area (Å²) >= 11 is 6.81. The van der Waals surface area contributed by atoms with Gasteiger partial charge in [-0.05, 0) is 41.1 Å². The summed E-state index contributed by atoms with van der Waals surface area (Å²) in [5.74, 6) is 0.198. The summed E-state index contributed by atoms with van der Waals surface area (Å²) in [6, 6.07) is 10.9. The first-order valence-electron chi connectivity index (χ1n) is 7.12. The van der Waals surface area contributed by atoms with Gasteiger partial charge in [0, 0.05) is 21.1 Å². The number of ether oxygens (including phenoxy) is 1. The van der Waals surface area contributed by atoms with E-state index in [1.165, 1.54) is 7.11 Å². The molecule has 3 rings (SSSR count). The molecule has 1 heterocycles. The van der Waals surface area contributed by atoms with Crippen molar-refractivity contribution in [2.45, 2.75) is 6.92 Å². The summed E-state index contributed by atoms with van der Waals surface area (Å²) in [5, 5.41) is 0.756. The van der Waals surface area contributed by atoms with Crippen molar-refractivity contribution >= 4 is 55.0 Å². The number of fused-ring (bicyclic) bond motifs is 1. The summed E-state index contributed by atoms with van der Waals surface area (Å²) in [7, 11) is 1.52. The molecule has 0 amide bonds. The van der Waals surface area contributed by atoms with Gasteiger partial charge in [0.25, 0.3) is 5.91 Å². The first kappa shape index (κ1) is 16.9. The highest BCUT2D eigenvalue weighted by atomic mass is 79.9. The predicted molar refractivity (Wildman–Crippen MR) is 100 cm³/mol. The first-order chi connectivity index (χ1) is 11.5. The molecule has 0 saturated carbocycles. The molecule has 0 bridgehead atoms. The summed E-state index contributed by atoms with van der Waals surface area (Å²) in [6.07, 6.45) is 0.787. The second-order valence-electron chi connectivity index (χ2n) is 5.24. The van der Waals surface area contributed by atoms with E-state index in [1.54, 1.807) is 17.6 Å². The van der Waals surface area contributed by atoms with Gasteiger partial charge in [-0.3, -0.25) is 14.2 Å². The van der Waals surface area contributed by atoms with Crippen molar-refractivity contribution in [1.82, 2.24) is 4.57 Å². The topological polar surface area (TPSA) is 48.3 Å². The highest BCUT2D eigenvalue weighted by Gasteiger charge is 2.23. The smallest absolute Gasteiger partial charge is 0.266 e. The lowest BCUT2D eigenvalue weighted by atomic mass is 10.1. The van der Waals surface area contributed by atoms with Gasteiger partial charge in [-0.2, -0.15) is 0 Å². The molecule has 0 unspecified atom stereocenters. The van der Waals surface area contributed by atoms with Crippen LogP contribution in [0.25, 0.3) is 10.9 Å². The van der Waals surface area contributed by atoms with Crippen LogP contribution in [0, 0.1) is 6.92 Å². The van der Waals surface area contributed by atoms with Crippen molar-refractivity contribution in [3.8, 4) is 5.75 Å². The van der Waals surface area contributed by atoms with Crippen LogP contribution in [0.3, 0.4) is 0 Å². The monoisotopic (exact) mass is 449 g/mol. The Morgan fingerprint density at radius 2 is 1.92 bits per heavy atom. The van der Waals surface area contributed by atoms with Crippen molar-refractivity contribution in [2.75, 3.05) is 7.11 Å². The Morgan fingerprint density at radius 3 is 2.58 bits per heavy atom. The molecule has 0 spiro atoms. The SMILES string of the molecule is COc1c(Br)cc(Br)cc1C(=O)n1c(C)c(C=O)c2ccccc21. The fraction of sp³-hybridized carbons (Fsp3) is 0.111. The number of benzene rings is 2. The number of aldehydes is 1. The summed E-state index contributed by atoms with van der Waals surface area (Å²) in [5.41, 5.74) is 2.22. The van der Waals surface area contributed by atoms with Crippen LogP contribution in [0.2, 0.25) is 0 Å². The van der Waals surface area contributed by atoms with Crippen molar-refractivity contribution in [3.05, 3.63) is 62.2 Å². The molecule has 4 nitrogen and oxygen atoms in total. The maximum Gasteiger partial charge on any atom is 0.266 e. The molecule has 0 radical (unpaired) electrons. The lowest BCUT2D eigenvalue weighted by Gasteiger charge is -2.13.